The maximum Gasteiger partial charge on any atom is 0.214 e. The van der Waals surface area contributed by atoms with Crippen LogP contribution in [0, 0.1) is 0 Å². The summed E-state index contributed by atoms with van der Waals surface area (Å²) in [5, 5.41) is 9.24. The Hall–Kier alpha value is -2.51. The third-order valence-corrected chi connectivity index (χ3v) is 7.70. The molecule has 0 saturated heterocycles. The number of rotatable bonds is 9. The van der Waals surface area contributed by atoms with Gasteiger partial charge in [-0.1, -0.05) is 48.2 Å². The van der Waals surface area contributed by atoms with Crippen LogP contribution in [0.2, 0.25) is 0 Å². The van der Waals surface area contributed by atoms with Crippen molar-refractivity contribution in [3.8, 4) is 17.2 Å². The summed E-state index contributed by atoms with van der Waals surface area (Å²) in [6, 6.07) is 16.6. The summed E-state index contributed by atoms with van der Waals surface area (Å²) in [5.41, 5.74) is 3.24. The summed E-state index contributed by atoms with van der Waals surface area (Å²) in [6.07, 6.45) is 5.19. The summed E-state index contributed by atoms with van der Waals surface area (Å²) in [5.74, 6) is 2.38. The number of methoxy groups -OCH3 is 1. The van der Waals surface area contributed by atoms with E-state index >= 15 is 0 Å². The standard InChI is InChI=1S/C27H29BrN2O3S/c1-3-4-5-6-13-32-24-11-9-18(15-25(24)31-2)27-30-22(17-21(29-30)26-8-7-14-34-26)20-16-19(28)10-12-23(20)33-27/h7-12,14-16,22,27H,3-6,13,17H2,1-2H3. The first-order valence-corrected chi connectivity index (χ1v) is 13.5. The minimum Gasteiger partial charge on any atom is -0.493 e. The van der Waals surface area contributed by atoms with E-state index in [4.69, 9.17) is 19.3 Å². The first-order valence-electron chi connectivity index (χ1n) is 11.8. The van der Waals surface area contributed by atoms with Crippen molar-refractivity contribution in [2.24, 2.45) is 5.10 Å². The first kappa shape index (κ1) is 23.2. The van der Waals surface area contributed by atoms with Crippen molar-refractivity contribution in [2.45, 2.75) is 51.3 Å². The van der Waals surface area contributed by atoms with E-state index in [1.54, 1.807) is 18.4 Å². The molecule has 2 aliphatic rings. The van der Waals surface area contributed by atoms with E-state index < -0.39 is 0 Å². The molecule has 0 amide bonds. The predicted molar refractivity (Wildman–Crippen MR) is 140 cm³/mol. The topological polar surface area (TPSA) is 43.3 Å². The SMILES string of the molecule is CCCCCCOc1ccc(C2Oc3ccc(Br)cc3C3CC(c4cccs4)=NN32)cc1OC. The molecule has 0 bridgehead atoms. The number of hydrogen-bond acceptors (Lipinski definition) is 6. The van der Waals surface area contributed by atoms with Crippen molar-refractivity contribution in [1.29, 1.82) is 0 Å². The second kappa shape index (κ2) is 10.4. The zero-order valence-electron chi connectivity index (χ0n) is 19.5. The van der Waals surface area contributed by atoms with E-state index in [-0.39, 0.29) is 12.3 Å². The molecular weight excluding hydrogens is 512 g/mol. The van der Waals surface area contributed by atoms with Crippen LogP contribution >= 0.6 is 27.3 Å². The number of halogens is 1. The lowest BCUT2D eigenvalue weighted by Crippen LogP contribution is -2.33. The highest BCUT2D eigenvalue weighted by Gasteiger charge is 2.41. The number of thiophene rings is 1. The third-order valence-electron chi connectivity index (χ3n) is 6.29. The highest BCUT2D eigenvalue weighted by Crippen LogP contribution is 2.49. The molecule has 34 heavy (non-hydrogen) atoms. The Morgan fingerprint density at radius 3 is 2.82 bits per heavy atom. The summed E-state index contributed by atoms with van der Waals surface area (Å²) in [4.78, 5) is 1.20. The van der Waals surface area contributed by atoms with Gasteiger partial charge in [-0.2, -0.15) is 5.10 Å². The molecule has 178 valence electrons. The summed E-state index contributed by atoms with van der Waals surface area (Å²) >= 11 is 5.35. The first-order chi connectivity index (χ1) is 16.7. The number of unbranched alkanes of at least 4 members (excludes halogenated alkanes) is 3. The Labute approximate surface area is 213 Å². The van der Waals surface area contributed by atoms with E-state index in [1.807, 2.05) is 24.3 Å². The minimum atomic E-state index is -0.344. The van der Waals surface area contributed by atoms with E-state index in [0.717, 1.165) is 51.4 Å². The van der Waals surface area contributed by atoms with Crippen LogP contribution in [0.4, 0.5) is 0 Å². The number of nitrogens with zero attached hydrogens (tertiary/aromatic N) is 2. The Kier molecular flexibility index (Phi) is 7.11. The molecule has 0 radical (unpaired) electrons. The zero-order chi connectivity index (χ0) is 23.5. The Bertz CT molecular complexity index is 1160. The molecule has 7 heteroatoms. The summed E-state index contributed by atoms with van der Waals surface area (Å²) in [6.45, 7) is 2.91. The smallest absolute Gasteiger partial charge is 0.214 e. The molecule has 2 unspecified atom stereocenters. The van der Waals surface area contributed by atoms with Crippen LogP contribution in [0.25, 0.3) is 0 Å². The fourth-order valence-electron chi connectivity index (χ4n) is 4.54. The fraction of sp³-hybridized carbons (Fsp3) is 0.370. The van der Waals surface area contributed by atoms with Gasteiger partial charge < -0.3 is 14.2 Å². The van der Waals surface area contributed by atoms with Crippen LogP contribution in [0.5, 0.6) is 17.2 Å². The second-order valence-corrected chi connectivity index (χ2v) is 10.5. The van der Waals surface area contributed by atoms with E-state index in [2.05, 4.69) is 57.5 Å². The molecule has 2 aliphatic heterocycles. The van der Waals surface area contributed by atoms with Gasteiger partial charge in [-0.25, -0.2) is 5.01 Å². The van der Waals surface area contributed by atoms with Crippen molar-refractivity contribution in [3.05, 3.63) is 74.4 Å². The van der Waals surface area contributed by atoms with Crippen LogP contribution in [0.1, 0.15) is 67.3 Å². The molecule has 3 heterocycles. The molecule has 2 aromatic carbocycles. The second-order valence-electron chi connectivity index (χ2n) is 8.60. The van der Waals surface area contributed by atoms with Crippen LogP contribution in [-0.4, -0.2) is 24.4 Å². The molecule has 2 atom stereocenters. The van der Waals surface area contributed by atoms with Gasteiger partial charge in [-0.3, -0.25) is 0 Å². The number of hydrazone groups is 1. The van der Waals surface area contributed by atoms with Gasteiger partial charge in [-0.15, -0.1) is 11.3 Å². The molecule has 0 saturated carbocycles. The van der Waals surface area contributed by atoms with Gasteiger partial charge in [0, 0.05) is 22.0 Å². The molecule has 1 aromatic heterocycles. The molecule has 5 rings (SSSR count). The van der Waals surface area contributed by atoms with Crippen LogP contribution < -0.4 is 14.2 Å². The highest BCUT2D eigenvalue weighted by atomic mass is 79.9. The predicted octanol–water partition coefficient (Wildman–Crippen LogP) is 7.72. The quantitative estimate of drug-likeness (QED) is 0.260. The van der Waals surface area contributed by atoms with E-state index in [0.29, 0.717) is 6.61 Å². The lowest BCUT2D eigenvalue weighted by atomic mass is 9.97. The van der Waals surface area contributed by atoms with E-state index in [9.17, 15) is 0 Å². The van der Waals surface area contributed by atoms with Crippen molar-refractivity contribution in [1.82, 2.24) is 5.01 Å². The van der Waals surface area contributed by atoms with Gasteiger partial charge in [0.1, 0.15) is 5.75 Å². The summed E-state index contributed by atoms with van der Waals surface area (Å²) < 4.78 is 19.3. The maximum absolute atomic E-state index is 6.52. The average molecular weight is 542 g/mol. The zero-order valence-corrected chi connectivity index (χ0v) is 21.9. The fourth-order valence-corrected chi connectivity index (χ4v) is 5.64. The maximum atomic E-state index is 6.52. The van der Waals surface area contributed by atoms with Gasteiger partial charge in [0.25, 0.3) is 0 Å². The lowest BCUT2D eigenvalue weighted by Gasteiger charge is -2.38. The lowest BCUT2D eigenvalue weighted by molar-refractivity contribution is -0.0192. The highest BCUT2D eigenvalue weighted by molar-refractivity contribution is 9.10. The number of benzene rings is 2. The van der Waals surface area contributed by atoms with Gasteiger partial charge in [0.05, 0.1) is 30.3 Å². The average Bonchev–Trinajstić information content (AvgIpc) is 3.54. The van der Waals surface area contributed by atoms with Crippen LogP contribution in [-0.2, 0) is 0 Å². The summed E-state index contributed by atoms with van der Waals surface area (Å²) in [7, 11) is 1.68. The van der Waals surface area contributed by atoms with Crippen LogP contribution in [0.3, 0.4) is 0 Å². The molecule has 0 spiro atoms. The number of fused-ring (bicyclic) bond motifs is 3. The molecule has 0 aliphatic carbocycles. The molecule has 0 fully saturated rings. The van der Waals surface area contributed by atoms with Crippen molar-refractivity contribution < 1.29 is 14.2 Å². The molecule has 3 aromatic rings. The van der Waals surface area contributed by atoms with Crippen molar-refractivity contribution in [2.75, 3.05) is 13.7 Å². The Balaban J connectivity index is 1.44. The van der Waals surface area contributed by atoms with Gasteiger partial charge in [-0.05, 0) is 54.3 Å². The number of hydrogen-bond donors (Lipinski definition) is 0. The van der Waals surface area contributed by atoms with Gasteiger partial charge >= 0.3 is 0 Å². The van der Waals surface area contributed by atoms with Crippen molar-refractivity contribution in [3.63, 3.8) is 0 Å². The van der Waals surface area contributed by atoms with Crippen LogP contribution in [0.15, 0.2) is 63.5 Å². The third kappa shape index (κ3) is 4.68. The Morgan fingerprint density at radius 1 is 1.12 bits per heavy atom. The molecule has 5 nitrogen and oxygen atoms in total. The van der Waals surface area contributed by atoms with Gasteiger partial charge in [0.15, 0.2) is 11.5 Å². The van der Waals surface area contributed by atoms with Gasteiger partial charge in [0.2, 0.25) is 6.23 Å². The van der Waals surface area contributed by atoms with Crippen molar-refractivity contribution >= 4 is 33.0 Å². The largest absolute Gasteiger partial charge is 0.493 e. The monoisotopic (exact) mass is 540 g/mol. The minimum absolute atomic E-state index is 0.115. The molecular formula is C27H29BrN2O3S. The van der Waals surface area contributed by atoms with E-state index in [1.165, 1.54) is 24.1 Å². The number of ether oxygens (including phenoxy) is 3. The Morgan fingerprint density at radius 2 is 2.03 bits per heavy atom. The molecule has 0 N–H and O–H groups in total. The normalized spacial score (nSPS) is 18.7.